The molecule has 0 amide bonds. The second-order valence-corrected chi connectivity index (χ2v) is 5.90. The van der Waals surface area contributed by atoms with Gasteiger partial charge in [0.05, 0.1) is 26.3 Å². The third-order valence-electron chi connectivity index (χ3n) is 4.43. The Bertz CT molecular complexity index is 758. The molecule has 0 bridgehead atoms. The molecule has 5 nitrogen and oxygen atoms in total. The van der Waals surface area contributed by atoms with Crippen molar-refractivity contribution in [1.29, 1.82) is 0 Å². The van der Waals surface area contributed by atoms with Crippen LogP contribution in [0.4, 0.5) is 0 Å². The van der Waals surface area contributed by atoms with Crippen LogP contribution in [0.2, 0.25) is 0 Å². The van der Waals surface area contributed by atoms with Crippen molar-refractivity contribution in [3.8, 4) is 11.5 Å². The Kier molecular flexibility index (Phi) is 4.60. The number of aliphatic imine (C=N–C) groups is 1. The summed E-state index contributed by atoms with van der Waals surface area (Å²) in [7, 11) is 3.28. The van der Waals surface area contributed by atoms with Crippen LogP contribution >= 0.6 is 0 Å². The van der Waals surface area contributed by atoms with E-state index in [1.54, 1.807) is 14.2 Å². The highest BCUT2D eigenvalue weighted by Gasteiger charge is 2.28. The third kappa shape index (κ3) is 3.02. The zero-order valence-electron chi connectivity index (χ0n) is 14.2. The van der Waals surface area contributed by atoms with E-state index in [1.165, 1.54) is 11.1 Å². The Morgan fingerprint density at radius 3 is 2.50 bits per heavy atom. The first-order chi connectivity index (χ1) is 11.6. The van der Waals surface area contributed by atoms with Gasteiger partial charge in [-0.1, -0.05) is 36.4 Å². The SMILES string of the molecule is COc1cccc(C2CC(c3ccccc3C)NC(N)=N2)c1OC. The van der Waals surface area contributed by atoms with E-state index in [2.05, 4.69) is 29.4 Å². The zero-order chi connectivity index (χ0) is 17.1. The van der Waals surface area contributed by atoms with Gasteiger partial charge >= 0.3 is 0 Å². The van der Waals surface area contributed by atoms with E-state index < -0.39 is 0 Å². The zero-order valence-corrected chi connectivity index (χ0v) is 14.2. The van der Waals surface area contributed by atoms with Crippen molar-refractivity contribution >= 4 is 5.96 Å². The van der Waals surface area contributed by atoms with E-state index in [1.807, 2.05) is 30.3 Å². The molecular formula is C19H23N3O2. The number of nitrogens with one attached hydrogen (secondary N) is 1. The molecule has 2 atom stereocenters. The quantitative estimate of drug-likeness (QED) is 0.906. The van der Waals surface area contributed by atoms with Gasteiger partial charge in [0, 0.05) is 5.56 Å². The van der Waals surface area contributed by atoms with Gasteiger partial charge in [-0.3, -0.25) is 0 Å². The first-order valence-corrected chi connectivity index (χ1v) is 8.00. The van der Waals surface area contributed by atoms with Gasteiger partial charge in [-0.25, -0.2) is 4.99 Å². The minimum atomic E-state index is -0.0825. The molecule has 1 aliphatic heterocycles. The Hall–Kier alpha value is -2.69. The number of hydrogen-bond donors (Lipinski definition) is 2. The normalized spacial score (nSPS) is 20.0. The lowest BCUT2D eigenvalue weighted by atomic mass is 9.91. The lowest BCUT2D eigenvalue weighted by Crippen LogP contribution is -2.39. The van der Waals surface area contributed by atoms with Crippen LogP contribution in [0.3, 0.4) is 0 Å². The molecule has 0 radical (unpaired) electrons. The molecule has 0 spiro atoms. The van der Waals surface area contributed by atoms with Crippen LogP contribution < -0.4 is 20.5 Å². The van der Waals surface area contributed by atoms with Gasteiger partial charge in [-0.15, -0.1) is 0 Å². The predicted octanol–water partition coefficient (Wildman–Crippen LogP) is 3.10. The summed E-state index contributed by atoms with van der Waals surface area (Å²) in [6.07, 6.45) is 0.801. The van der Waals surface area contributed by atoms with Gasteiger partial charge in [0.15, 0.2) is 17.5 Å². The number of benzene rings is 2. The summed E-state index contributed by atoms with van der Waals surface area (Å²) in [6, 6.07) is 14.2. The van der Waals surface area contributed by atoms with E-state index >= 15 is 0 Å². The van der Waals surface area contributed by atoms with Crippen molar-refractivity contribution in [2.24, 2.45) is 10.7 Å². The molecule has 2 aromatic rings. The first-order valence-electron chi connectivity index (χ1n) is 8.00. The van der Waals surface area contributed by atoms with Gasteiger partial charge in [0.1, 0.15) is 0 Å². The van der Waals surface area contributed by atoms with Crippen LogP contribution in [-0.4, -0.2) is 20.2 Å². The van der Waals surface area contributed by atoms with E-state index in [-0.39, 0.29) is 12.1 Å². The summed E-state index contributed by atoms with van der Waals surface area (Å²) in [5, 5.41) is 3.29. The van der Waals surface area contributed by atoms with Crippen LogP contribution in [0.25, 0.3) is 0 Å². The summed E-state index contributed by atoms with van der Waals surface area (Å²) in [6.45, 7) is 2.11. The highest BCUT2D eigenvalue weighted by molar-refractivity contribution is 5.79. The van der Waals surface area contributed by atoms with Crippen molar-refractivity contribution in [2.75, 3.05) is 14.2 Å². The van der Waals surface area contributed by atoms with Crippen LogP contribution in [0.1, 0.15) is 35.2 Å². The average Bonchev–Trinajstić information content (AvgIpc) is 2.60. The van der Waals surface area contributed by atoms with E-state index in [0.29, 0.717) is 17.5 Å². The van der Waals surface area contributed by atoms with E-state index in [4.69, 9.17) is 15.2 Å². The van der Waals surface area contributed by atoms with Crippen LogP contribution in [0.15, 0.2) is 47.5 Å². The van der Waals surface area contributed by atoms with Crippen molar-refractivity contribution in [1.82, 2.24) is 5.32 Å². The van der Waals surface area contributed by atoms with Gasteiger partial charge in [0.25, 0.3) is 0 Å². The molecule has 5 heteroatoms. The fourth-order valence-electron chi connectivity index (χ4n) is 3.27. The Morgan fingerprint density at radius 1 is 1.04 bits per heavy atom. The van der Waals surface area contributed by atoms with Crippen molar-refractivity contribution in [3.63, 3.8) is 0 Å². The molecule has 2 unspecified atom stereocenters. The summed E-state index contributed by atoms with van der Waals surface area (Å²) < 4.78 is 11.0. The predicted molar refractivity (Wildman–Crippen MR) is 95.6 cm³/mol. The lowest BCUT2D eigenvalue weighted by molar-refractivity contribution is 0.346. The molecule has 0 aliphatic carbocycles. The second kappa shape index (κ2) is 6.83. The molecule has 24 heavy (non-hydrogen) atoms. The Labute approximate surface area is 142 Å². The molecule has 0 fully saturated rings. The maximum absolute atomic E-state index is 6.07. The Morgan fingerprint density at radius 2 is 1.79 bits per heavy atom. The number of nitrogens with two attached hydrogens (primary N) is 1. The number of nitrogens with zero attached hydrogens (tertiary/aromatic N) is 1. The van der Waals surface area contributed by atoms with Crippen LogP contribution in [0.5, 0.6) is 11.5 Å². The molecule has 0 aromatic heterocycles. The molecule has 126 valence electrons. The van der Waals surface area contributed by atoms with Crippen molar-refractivity contribution < 1.29 is 9.47 Å². The van der Waals surface area contributed by atoms with Gasteiger partial charge < -0.3 is 20.5 Å². The number of para-hydroxylation sites is 1. The largest absolute Gasteiger partial charge is 0.493 e. The summed E-state index contributed by atoms with van der Waals surface area (Å²) >= 11 is 0. The lowest BCUT2D eigenvalue weighted by Gasteiger charge is -2.30. The van der Waals surface area contributed by atoms with Gasteiger partial charge in [-0.05, 0) is 30.5 Å². The first kappa shape index (κ1) is 16.2. The van der Waals surface area contributed by atoms with E-state index in [9.17, 15) is 0 Å². The second-order valence-electron chi connectivity index (χ2n) is 5.90. The van der Waals surface area contributed by atoms with Crippen LogP contribution in [0, 0.1) is 6.92 Å². The molecule has 1 aliphatic rings. The van der Waals surface area contributed by atoms with Gasteiger partial charge in [-0.2, -0.15) is 0 Å². The number of hydrogen-bond acceptors (Lipinski definition) is 5. The third-order valence-corrected chi connectivity index (χ3v) is 4.43. The summed E-state index contributed by atoms with van der Waals surface area (Å²) in [5.41, 5.74) is 9.53. The molecule has 0 saturated carbocycles. The minimum absolute atomic E-state index is 0.0825. The van der Waals surface area contributed by atoms with Crippen LogP contribution in [-0.2, 0) is 0 Å². The maximum atomic E-state index is 6.07. The van der Waals surface area contributed by atoms with Crippen molar-refractivity contribution in [3.05, 3.63) is 59.2 Å². The summed E-state index contributed by atoms with van der Waals surface area (Å²) in [4.78, 5) is 4.59. The fourth-order valence-corrected chi connectivity index (χ4v) is 3.27. The minimum Gasteiger partial charge on any atom is -0.493 e. The van der Waals surface area contributed by atoms with Gasteiger partial charge in [0.2, 0.25) is 0 Å². The smallest absolute Gasteiger partial charge is 0.189 e. The highest BCUT2D eigenvalue weighted by Crippen LogP contribution is 2.41. The monoisotopic (exact) mass is 325 g/mol. The molecule has 0 saturated heterocycles. The maximum Gasteiger partial charge on any atom is 0.189 e. The highest BCUT2D eigenvalue weighted by atomic mass is 16.5. The fraction of sp³-hybridized carbons (Fsp3) is 0.316. The Balaban J connectivity index is 1.98. The molecule has 2 aromatic carbocycles. The standard InChI is InChI=1S/C19H23N3O2/c1-12-7-4-5-8-13(12)15-11-16(22-19(20)21-15)14-9-6-10-17(23-2)18(14)24-3/h4-10,15-16H,11H2,1-3H3,(H3,20,21,22). The number of ether oxygens (including phenoxy) is 2. The summed E-state index contributed by atoms with van der Waals surface area (Å²) in [5.74, 6) is 1.87. The topological polar surface area (TPSA) is 68.9 Å². The average molecular weight is 325 g/mol. The molecule has 3 N–H and O–H groups in total. The number of rotatable bonds is 4. The molecule has 3 rings (SSSR count). The van der Waals surface area contributed by atoms with E-state index in [0.717, 1.165) is 12.0 Å². The number of methoxy groups -OCH3 is 2. The molecule has 1 heterocycles. The van der Waals surface area contributed by atoms with Crippen molar-refractivity contribution in [2.45, 2.75) is 25.4 Å². The number of aryl methyl sites for hydroxylation is 1. The molecular weight excluding hydrogens is 302 g/mol. The number of guanidine groups is 1.